The van der Waals surface area contributed by atoms with Crippen LogP contribution in [0.5, 0.6) is 0 Å². The molecule has 0 radical (unpaired) electrons. The highest BCUT2D eigenvalue weighted by molar-refractivity contribution is 6.02. The molecular weight excluding hydrogens is 351 g/mol. The van der Waals surface area contributed by atoms with E-state index in [9.17, 15) is 4.79 Å². The van der Waals surface area contributed by atoms with Gasteiger partial charge in [0.25, 0.3) is 0 Å². The fourth-order valence-corrected chi connectivity index (χ4v) is 2.97. The van der Waals surface area contributed by atoms with Crippen LogP contribution in [0.25, 0.3) is 10.9 Å². The van der Waals surface area contributed by atoms with Crippen molar-refractivity contribution >= 4 is 47.3 Å². The van der Waals surface area contributed by atoms with E-state index in [1.807, 2.05) is 12.1 Å². The van der Waals surface area contributed by atoms with Gasteiger partial charge in [-0.1, -0.05) is 0 Å². The highest BCUT2D eigenvalue weighted by Crippen LogP contribution is 2.32. The van der Waals surface area contributed by atoms with Crippen LogP contribution in [0.1, 0.15) is 12.8 Å². The molecule has 0 spiro atoms. The lowest BCUT2D eigenvalue weighted by atomic mass is 9.78. The molecule has 0 atom stereocenters. The Bertz CT molecular complexity index is 667. The molecule has 24 heavy (non-hydrogen) atoms. The van der Waals surface area contributed by atoms with Gasteiger partial charge in [0.05, 0.1) is 23.2 Å². The Hall–Kier alpha value is -1.47. The van der Waals surface area contributed by atoms with E-state index in [2.05, 4.69) is 20.6 Å². The van der Waals surface area contributed by atoms with Gasteiger partial charge in [0.2, 0.25) is 5.91 Å². The third-order valence-corrected chi connectivity index (χ3v) is 4.25. The van der Waals surface area contributed by atoms with Crippen LogP contribution in [0.2, 0.25) is 0 Å². The van der Waals surface area contributed by atoms with Gasteiger partial charge < -0.3 is 15.4 Å². The van der Waals surface area contributed by atoms with E-state index in [1.165, 1.54) is 0 Å². The molecule has 0 saturated carbocycles. The van der Waals surface area contributed by atoms with Gasteiger partial charge in [-0.25, -0.2) is 0 Å². The summed E-state index contributed by atoms with van der Waals surface area (Å²) in [5.74, 6) is 0.00667. The Morgan fingerprint density at radius 3 is 2.75 bits per heavy atom. The first-order chi connectivity index (χ1) is 10.7. The second-order valence-corrected chi connectivity index (χ2v) is 5.67. The number of pyridine rings is 2. The first-order valence-electron chi connectivity index (χ1n) is 7.45. The van der Waals surface area contributed by atoms with Crippen LogP contribution >= 0.6 is 24.8 Å². The van der Waals surface area contributed by atoms with Crippen molar-refractivity contribution in [3.63, 3.8) is 0 Å². The maximum atomic E-state index is 12.9. The topological polar surface area (TPSA) is 76.1 Å². The van der Waals surface area contributed by atoms with Crippen molar-refractivity contribution in [1.82, 2.24) is 15.3 Å². The second-order valence-electron chi connectivity index (χ2n) is 5.67. The smallest absolute Gasteiger partial charge is 0.233 e. The zero-order chi connectivity index (χ0) is 15.4. The van der Waals surface area contributed by atoms with Crippen LogP contribution in [0.15, 0.2) is 30.7 Å². The molecule has 2 N–H and O–H groups in total. The number of rotatable bonds is 4. The number of carbonyl (C=O) groups excluding carboxylic acids is 1. The molecule has 0 bridgehead atoms. The van der Waals surface area contributed by atoms with Gasteiger partial charge in [0.1, 0.15) is 0 Å². The summed E-state index contributed by atoms with van der Waals surface area (Å²) in [5, 5.41) is 7.19. The highest BCUT2D eigenvalue weighted by Gasteiger charge is 2.39. The first kappa shape index (κ1) is 20.6. The molecule has 3 heterocycles. The predicted molar refractivity (Wildman–Crippen MR) is 99.1 cm³/mol. The molecule has 0 unspecified atom stereocenters. The van der Waals surface area contributed by atoms with E-state index >= 15 is 0 Å². The third kappa shape index (κ3) is 4.13. The number of anilines is 1. The summed E-state index contributed by atoms with van der Waals surface area (Å²) < 4.78 is 5.32. The summed E-state index contributed by atoms with van der Waals surface area (Å²) in [7, 11) is 1.64. The molecular formula is C16H22Cl2N4O2. The number of carbonyl (C=O) groups is 1. The normalized spacial score (nSPS) is 15.9. The number of hydrogen-bond acceptors (Lipinski definition) is 5. The van der Waals surface area contributed by atoms with Crippen LogP contribution in [-0.2, 0) is 9.53 Å². The number of fused-ring (bicyclic) bond motifs is 1. The molecule has 0 aromatic carbocycles. The largest absolute Gasteiger partial charge is 0.384 e. The fraction of sp³-hybridized carbons (Fsp3) is 0.438. The minimum atomic E-state index is -0.474. The Morgan fingerprint density at radius 2 is 2.04 bits per heavy atom. The quantitative estimate of drug-likeness (QED) is 0.861. The van der Waals surface area contributed by atoms with Gasteiger partial charge in [-0.05, 0) is 38.1 Å². The molecule has 2 aromatic rings. The molecule has 1 fully saturated rings. The monoisotopic (exact) mass is 372 g/mol. The van der Waals surface area contributed by atoms with Crippen molar-refractivity contribution in [1.29, 1.82) is 0 Å². The molecule has 1 aliphatic heterocycles. The Morgan fingerprint density at radius 1 is 1.29 bits per heavy atom. The SMILES string of the molecule is COCC1(C(=O)Nc2ccnc3ccncc23)CCNCC1.Cl.Cl. The Balaban J connectivity index is 0.00000144. The molecule has 1 saturated heterocycles. The van der Waals surface area contributed by atoms with Crippen molar-refractivity contribution in [3.05, 3.63) is 30.7 Å². The lowest BCUT2D eigenvalue weighted by molar-refractivity contribution is -0.130. The van der Waals surface area contributed by atoms with E-state index in [0.717, 1.165) is 42.5 Å². The number of methoxy groups -OCH3 is 1. The molecule has 0 aliphatic carbocycles. The van der Waals surface area contributed by atoms with Crippen molar-refractivity contribution in [2.24, 2.45) is 5.41 Å². The van der Waals surface area contributed by atoms with Gasteiger partial charge in [-0.2, -0.15) is 0 Å². The molecule has 2 aromatic heterocycles. The van der Waals surface area contributed by atoms with E-state index in [-0.39, 0.29) is 30.7 Å². The van der Waals surface area contributed by atoms with Crippen LogP contribution in [-0.4, -0.2) is 42.7 Å². The minimum absolute atomic E-state index is 0. The van der Waals surface area contributed by atoms with Gasteiger partial charge in [0.15, 0.2) is 0 Å². The van der Waals surface area contributed by atoms with Gasteiger partial charge in [-0.3, -0.25) is 14.8 Å². The second kappa shape index (κ2) is 9.13. The standard InChI is InChI=1S/C16H20N4O2.2ClH/c1-22-11-16(4-8-17-9-5-16)15(21)20-14-3-7-19-13-2-6-18-10-12(13)14;;/h2-3,6-7,10,17H,4-5,8-9,11H2,1H3,(H,19,20,21);2*1H. The molecule has 8 heteroatoms. The average Bonchev–Trinajstić information content (AvgIpc) is 2.56. The molecule has 132 valence electrons. The average molecular weight is 373 g/mol. The number of nitrogens with one attached hydrogen (secondary N) is 2. The van der Waals surface area contributed by atoms with Crippen LogP contribution < -0.4 is 10.6 Å². The molecule has 1 amide bonds. The zero-order valence-corrected chi connectivity index (χ0v) is 15.1. The number of ether oxygens (including phenoxy) is 1. The fourth-order valence-electron chi connectivity index (χ4n) is 2.97. The Kier molecular flexibility index (Phi) is 7.83. The van der Waals surface area contributed by atoms with E-state index in [1.54, 1.807) is 25.7 Å². The summed E-state index contributed by atoms with van der Waals surface area (Å²) in [5.41, 5.74) is 1.09. The number of nitrogens with zero attached hydrogens (tertiary/aromatic N) is 2. The predicted octanol–water partition coefficient (Wildman–Crippen LogP) is 2.43. The van der Waals surface area contributed by atoms with Crippen molar-refractivity contribution < 1.29 is 9.53 Å². The third-order valence-electron chi connectivity index (χ3n) is 4.25. The van der Waals surface area contributed by atoms with E-state index in [0.29, 0.717) is 6.61 Å². The van der Waals surface area contributed by atoms with E-state index in [4.69, 9.17) is 4.74 Å². The zero-order valence-electron chi connectivity index (χ0n) is 13.4. The van der Waals surface area contributed by atoms with Crippen molar-refractivity contribution in [3.8, 4) is 0 Å². The highest BCUT2D eigenvalue weighted by atomic mass is 35.5. The number of hydrogen-bond donors (Lipinski definition) is 2. The molecule has 3 rings (SSSR count). The van der Waals surface area contributed by atoms with E-state index < -0.39 is 5.41 Å². The summed E-state index contributed by atoms with van der Waals surface area (Å²) in [4.78, 5) is 21.3. The van der Waals surface area contributed by atoms with Gasteiger partial charge >= 0.3 is 0 Å². The Labute approximate surface area is 153 Å². The van der Waals surface area contributed by atoms with Gasteiger partial charge in [0, 0.05) is 31.1 Å². The summed E-state index contributed by atoms with van der Waals surface area (Å²) in [6.45, 7) is 2.09. The summed E-state index contributed by atoms with van der Waals surface area (Å²) >= 11 is 0. The number of halogens is 2. The lowest BCUT2D eigenvalue weighted by Crippen LogP contribution is -2.47. The van der Waals surface area contributed by atoms with Crippen LogP contribution in [0.3, 0.4) is 0 Å². The first-order valence-corrected chi connectivity index (χ1v) is 7.45. The number of amides is 1. The molecule has 1 aliphatic rings. The minimum Gasteiger partial charge on any atom is -0.384 e. The van der Waals surface area contributed by atoms with Crippen LogP contribution in [0, 0.1) is 5.41 Å². The van der Waals surface area contributed by atoms with Crippen molar-refractivity contribution in [2.45, 2.75) is 12.8 Å². The lowest BCUT2D eigenvalue weighted by Gasteiger charge is -2.35. The summed E-state index contributed by atoms with van der Waals surface area (Å²) in [6.07, 6.45) is 6.66. The van der Waals surface area contributed by atoms with Gasteiger partial charge in [-0.15, -0.1) is 24.8 Å². The maximum absolute atomic E-state index is 12.9. The number of aromatic nitrogens is 2. The molecule has 6 nitrogen and oxygen atoms in total. The summed E-state index contributed by atoms with van der Waals surface area (Å²) in [6, 6.07) is 3.64. The van der Waals surface area contributed by atoms with Crippen molar-refractivity contribution in [2.75, 3.05) is 32.1 Å². The van der Waals surface area contributed by atoms with Crippen LogP contribution in [0.4, 0.5) is 5.69 Å². The number of piperidine rings is 1. The maximum Gasteiger partial charge on any atom is 0.233 e.